The van der Waals surface area contributed by atoms with Crippen LogP contribution in [0.25, 0.3) is 0 Å². The Balaban J connectivity index is 3.93. The highest BCUT2D eigenvalue weighted by Gasteiger charge is 2.10. The number of carbonyl (C=O) groups excluding carboxylic acids is 1. The molecule has 0 rings (SSSR count). The van der Waals surface area contributed by atoms with Crippen LogP contribution in [0.4, 0.5) is 0 Å². The van der Waals surface area contributed by atoms with Gasteiger partial charge in [-0.2, -0.15) is 0 Å². The minimum atomic E-state index is -0.00164. The Kier molecular flexibility index (Phi) is 44.2. The molecule has 0 bridgehead atoms. The molecule has 0 radical (unpaired) electrons. The van der Waals surface area contributed by atoms with Crippen molar-refractivity contribution in [2.45, 2.75) is 259 Å². The number of esters is 1. The number of unbranched alkanes of at least 4 members (excludes halogenated alkanes) is 28. The predicted octanol–water partition coefficient (Wildman–Crippen LogP) is 14.9. The number of hydrogen-bond acceptors (Lipinski definition) is 5. The van der Waals surface area contributed by atoms with Crippen molar-refractivity contribution >= 4 is 5.97 Å². The molecule has 0 fully saturated rings. The van der Waals surface area contributed by atoms with Crippen molar-refractivity contribution < 1.29 is 19.0 Å². The van der Waals surface area contributed by atoms with Crippen molar-refractivity contribution in [2.24, 2.45) is 0 Å². The predicted molar refractivity (Wildman–Crippen MR) is 227 cm³/mol. The third-order valence-electron chi connectivity index (χ3n) is 10.8. The molecule has 0 unspecified atom stereocenters. The first kappa shape index (κ1) is 51.4. The van der Waals surface area contributed by atoms with E-state index in [1.165, 1.54) is 206 Å². The summed E-state index contributed by atoms with van der Waals surface area (Å²) in [6, 6.07) is 0. The maximum Gasteiger partial charge on any atom is 0.305 e. The average molecular weight is 738 g/mol. The van der Waals surface area contributed by atoms with E-state index in [2.05, 4.69) is 32.6 Å². The topological polar surface area (TPSA) is 48.0 Å². The second-order valence-corrected chi connectivity index (χ2v) is 16.0. The summed E-state index contributed by atoms with van der Waals surface area (Å²) in [4.78, 5) is 14.6. The van der Waals surface area contributed by atoms with E-state index in [1.807, 2.05) is 0 Å². The van der Waals surface area contributed by atoms with Crippen LogP contribution in [-0.4, -0.2) is 56.6 Å². The van der Waals surface area contributed by atoms with Gasteiger partial charge in [-0.1, -0.05) is 195 Å². The van der Waals surface area contributed by atoms with Gasteiger partial charge in [0.05, 0.1) is 6.61 Å². The highest BCUT2D eigenvalue weighted by molar-refractivity contribution is 5.69. The number of ether oxygens (including phenoxy) is 3. The molecule has 5 heteroatoms. The highest BCUT2D eigenvalue weighted by atomic mass is 16.7. The lowest BCUT2D eigenvalue weighted by atomic mass is 10.1. The summed E-state index contributed by atoms with van der Waals surface area (Å²) in [6.07, 6.45) is 44.3. The molecule has 5 nitrogen and oxygen atoms in total. The van der Waals surface area contributed by atoms with Gasteiger partial charge in [0.15, 0.2) is 6.29 Å². The van der Waals surface area contributed by atoms with Crippen molar-refractivity contribution in [3.05, 3.63) is 0 Å². The smallest absolute Gasteiger partial charge is 0.305 e. The molecule has 0 aliphatic rings. The van der Waals surface area contributed by atoms with Gasteiger partial charge in [0.2, 0.25) is 0 Å². The third-order valence-corrected chi connectivity index (χ3v) is 10.8. The van der Waals surface area contributed by atoms with Gasteiger partial charge in [0.1, 0.15) is 0 Å². The Hall–Kier alpha value is -0.650. The Labute approximate surface area is 327 Å². The van der Waals surface area contributed by atoms with E-state index in [9.17, 15) is 4.79 Å². The molecule has 0 aromatic carbocycles. The van der Waals surface area contributed by atoms with Gasteiger partial charge >= 0.3 is 5.97 Å². The molecule has 0 heterocycles. The summed E-state index contributed by atoms with van der Waals surface area (Å²) in [5.41, 5.74) is 0. The summed E-state index contributed by atoms with van der Waals surface area (Å²) in [7, 11) is 0. The summed E-state index contributed by atoms with van der Waals surface area (Å²) >= 11 is 0. The van der Waals surface area contributed by atoms with Crippen LogP contribution in [-0.2, 0) is 19.0 Å². The maximum absolute atomic E-state index is 12.0. The van der Waals surface area contributed by atoms with Crippen molar-refractivity contribution in [2.75, 3.05) is 39.5 Å². The fourth-order valence-corrected chi connectivity index (χ4v) is 7.17. The minimum Gasteiger partial charge on any atom is -0.466 e. The standard InChI is InChI=1S/C47H95NO4/c1-5-9-12-15-18-21-30-37-44-51-47(52-45-38-31-22-19-16-13-10-6-2)40-33-26-24-28-35-42-48(8-4)41-34-27-23-25-32-39-46(49)50-43-36-29-20-17-14-11-7-3/h47H,5-45H2,1-4H3. The monoisotopic (exact) mass is 738 g/mol. The zero-order valence-electron chi connectivity index (χ0n) is 36.1. The van der Waals surface area contributed by atoms with Gasteiger partial charge in [0, 0.05) is 19.6 Å². The summed E-state index contributed by atoms with van der Waals surface area (Å²) in [5.74, 6) is 0.00722. The molecule has 0 aliphatic carbocycles. The molecule has 0 aromatic heterocycles. The van der Waals surface area contributed by atoms with Gasteiger partial charge in [-0.05, 0) is 71.0 Å². The van der Waals surface area contributed by atoms with Crippen LogP contribution in [0.2, 0.25) is 0 Å². The Bertz CT molecular complexity index is 652. The normalized spacial score (nSPS) is 11.7. The summed E-state index contributed by atoms with van der Waals surface area (Å²) in [6.45, 7) is 15.1. The van der Waals surface area contributed by atoms with Gasteiger partial charge < -0.3 is 19.1 Å². The maximum atomic E-state index is 12.0. The zero-order chi connectivity index (χ0) is 37.8. The van der Waals surface area contributed by atoms with Crippen molar-refractivity contribution in [1.82, 2.24) is 4.90 Å². The molecular formula is C47H95NO4. The highest BCUT2D eigenvalue weighted by Crippen LogP contribution is 2.16. The van der Waals surface area contributed by atoms with E-state index in [1.54, 1.807) is 0 Å². The zero-order valence-corrected chi connectivity index (χ0v) is 36.1. The molecule has 0 aliphatic heterocycles. The average Bonchev–Trinajstić information content (AvgIpc) is 3.15. The van der Waals surface area contributed by atoms with Crippen LogP contribution >= 0.6 is 0 Å². The molecule has 0 spiro atoms. The number of nitrogens with zero attached hydrogens (tertiary/aromatic N) is 1. The van der Waals surface area contributed by atoms with E-state index >= 15 is 0 Å². The van der Waals surface area contributed by atoms with Crippen LogP contribution in [0.1, 0.15) is 252 Å². The summed E-state index contributed by atoms with van der Waals surface area (Å²) < 4.78 is 18.0. The largest absolute Gasteiger partial charge is 0.466 e. The Morgan fingerprint density at radius 3 is 1.17 bits per heavy atom. The molecule has 0 aromatic rings. The van der Waals surface area contributed by atoms with Crippen molar-refractivity contribution in [3.63, 3.8) is 0 Å². The lowest BCUT2D eigenvalue weighted by Gasteiger charge is -2.20. The van der Waals surface area contributed by atoms with Gasteiger partial charge in [0.25, 0.3) is 0 Å². The number of carbonyl (C=O) groups is 1. The first-order chi connectivity index (χ1) is 25.7. The van der Waals surface area contributed by atoms with Crippen molar-refractivity contribution in [1.29, 1.82) is 0 Å². The molecule has 52 heavy (non-hydrogen) atoms. The van der Waals surface area contributed by atoms with Crippen LogP contribution < -0.4 is 0 Å². The van der Waals surface area contributed by atoms with E-state index in [-0.39, 0.29) is 12.3 Å². The Morgan fingerprint density at radius 2 is 0.750 bits per heavy atom. The fourth-order valence-electron chi connectivity index (χ4n) is 7.17. The minimum absolute atomic E-state index is 0.00164. The lowest BCUT2D eigenvalue weighted by Crippen LogP contribution is -2.25. The molecule has 0 atom stereocenters. The molecule has 312 valence electrons. The van der Waals surface area contributed by atoms with E-state index in [0.717, 1.165) is 45.4 Å². The van der Waals surface area contributed by atoms with Gasteiger partial charge in [-0.25, -0.2) is 0 Å². The molecule has 0 saturated heterocycles. The lowest BCUT2D eigenvalue weighted by molar-refractivity contribution is -0.148. The molecule has 0 amide bonds. The third kappa shape index (κ3) is 40.5. The molecule has 0 N–H and O–H groups in total. The first-order valence-electron chi connectivity index (χ1n) is 23.8. The molecular weight excluding hydrogens is 643 g/mol. The van der Waals surface area contributed by atoms with Crippen LogP contribution in [0.5, 0.6) is 0 Å². The van der Waals surface area contributed by atoms with Crippen LogP contribution in [0, 0.1) is 0 Å². The van der Waals surface area contributed by atoms with E-state index in [4.69, 9.17) is 14.2 Å². The van der Waals surface area contributed by atoms with Gasteiger partial charge in [-0.3, -0.25) is 4.79 Å². The van der Waals surface area contributed by atoms with E-state index in [0.29, 0.717) is 13.0 Å². The quantitative estimate of drug-likeness (QED) is 0.0354. The Morgan fingerprint density at radius 1 is 0.404 bits per heavy atom. The number of rotatable bonds is 45. The molecule has 0 saturated carbocycles. The first-order valence-corrected chi connectivity index (χ1v) is 23.8. The van der Waals surface area contributed by atoms with Crippen molar-refractivity contribution in [3.8, 4) is 0 Å². The second kappa shape index (κ2) is 44.7. The number of hydrogen-bond donors (Lipinski definition) is 0. The van der Waals surface area contributed by atoms with Crippen LogP contribution in [0.15, 0.2) is 0 Å². The van der Waals surface area contributed by atoms with Crippen LogP contribution in [0.3, 0.4) is 0 Å². The SMILES string of the molecule is CCCCCCCCCCOC(CCCCCCCN(CC)CCCCCCCC(=O)OCCCCCCCCC)OCCCCCCCCCC. The van der Waals surface area contributed by atoms with E-state index < -0.39 is 0 Å². The fraction of sp³-hybridized carbons (Fsp3) is 0.979. The second-order valence-electron chi connectivity index (χ2n) is 16.0. The summed E-state index contributed by atoms with van der Waals surface area (Å²) in [5, 5.41) is 0. The van der Waals surface area contributed by atoms with Gasteiger partial charge in [-0.15, -0.1) is 0 Å².